The van der Waals surface area contributed by atoms with Crippen molar-refractivity contribution < 1.29 is 9.90 Å². The lowest BCUT2D eigenvalue weighted by Crippen LogP contribution is -2.23. The molecule has 0 saturated heterocycles. The fourth-order valence-corrected chi connectivity index (χ4v) is 4.26. The highest BCUT2D eigenvalue weighted by Gasteiger charge is 2.17. The molecule has 8 heteroatoms. The van der Waals surface area contributed by atoms with Crippen molar-refractivity contribution in [3.05, 3.63) is 50.9 Å². The minimum absolute atomic E-state index is 0.0259. The van der Waals surface area contributed by atoms with Crippen molar-refractivity contribution in [2.75, 3.05) is 5.32 Å². The third-order valence-corrected chi connectivity index (χ3v) is 6.34. The summed E-state index contributed by atoms with van der Waals surface area (Å²) < 4.78 is 0. The molecule has 1 aromatic carbocycles. The van der Waals surface area contributed by atoms with Crippen LogP contribution in [0.3, 0.4) is 0 Å². The fourth-order valence-electron chi connectivity index (χ4n) is 2.46. The quantitative estimate of drug-likeness (QED) is 0.580. The van der Waals surface area contributed by atoms with E-state index in [-0.39, 0.29) is 22.5 Å². The molecule has 3 aromatic rings. The number of H-pyrrole nitrogens is 1. The maximum absolute atomic E-state index is 12.3. The number of aromatic amines is 1. The lowest BCUT2D eigenvalue weighted by Gasteiger charge is -2.12. The molecule has 0 radical (unpaired) electrons. The van der Waals surface area contributed by atoms with E-state index < -0.39 is 0 Å². The number of hydrogen-bond donors (Lipinski definition) is 3. The molecular weight excluding hydrogens is 370 g/mol. The van der Waals surface area contributed by atoms with Gasteiger partial charge in [-0.2, -0.15) is 0 Å². The molecule has 3 N–H and O–H groups in total. The number of thioether (sulfide) groups is 1. The summed E-state index contributed by atoms with van der Waals surface area (Å²) in [6, 6.07) is 6.58. The van der Waals surface area contributed by atoms with E-state index >= 15 is 0 Å². The number of nitrogens with one attached hydrogen (secondary N) is 2. The third kappa shape index (κ3) is 3.76. The summed E-state index contributed by atoms with van der Waals surface area (Å²) in [6.45, 7) is 5.67. The number of aromatic hydroxyl groups is 1. The Bertz CT molecular complexity index is 1030. The zero-order valence-electron chi connectivity index (χ0n) is 14.6. The molecule has 3 rings (SSSR count). The molecule has 136 valence electrons. The maximum Gasteiger partial charge on any atom is 0.259 e. The van der Waals surface area contributed by atoms with Gasteiger partial charge >= 0.3 is 0 Å². The van der Waals surface area contributed by atoms with E-state index in [2.05, 4.69) is 15.3 Å². The van der Waals surface area contributed by atoms with Crippen LogP contribution in [-0.2, 0) is 10.5 Å². The third-order valence-electron chi connectivity index (χ3n) is 4.09. The molecule has 1 atom stereocenters. The number of fused-ring (bicyclic) bond motifs is 1. The molecule has 1 amide bonds. The highest BCUT2D eigenvalue weighted by atomic mass is 32.2. The Morgan fingerprint density at radius 3 is 2.85 bits per heavy atom. The number of benzene rings is 1. The number of rotatable bonds is 5. The number of aromatic nitrogens is 2. The number of carbonyl (C=O) groups excluding carboxylic acids is 1. The molecule has 6 nitrogen and oxygen atoms in total. The second-order valence-electron chi connectivity index (χ2n) is 5.94. The van der Waals surface area contributed by atoms with Gasteiger partial charge in [0.25, 0.3) is 5.56 Å². The molecule has 0 spiro atoms. The first kappa shape index (κ1) is 18.5. The largest absolute Gasteiger partial charge is 0.506 e. The van der Waals surface area contributed by atoms with Crippen molar-refractivity contribution in [3.8, 4) is 5.75 Å². The van der Waals surface area contributed by atoms with Gasteiger partial charge < -0.3 is 15.4 Å². The smallest absolute Gasteiger partial charge is 0.259 e. The minimum atomic E-state index is -0.373. The fraction of sp³-hybridized carbons (Fsp3) is 0.278. The Hall–Kier alpha value is -2.32. The number of carbonyl (C=O) groups is 1. The van der Waals surface area contributed by atoms with E-state index in [1.807, 2.05) is 13.8 Å². The van der Waals surface area contributed by atoms with Crippen molar-refractivity contribution in [2.24, 2.45) is 0 Å². The average Bonchev–Trinajstić information content (AvgIpc) is 2.89. The van der Waals surface area contributed by atoms with Crippen LogP contribution in [0.2, 0.25) is 0 Å². The van der Waals surface area contributed by atoms with E-state index in [1.54, 1.807) is 25.1 Å². The number of nitrogens with zero attached hydrogens (tertiary/aromatic N) is 1. The van der Waals surface area contributed by atoms with Crippen molar-refractivity contribution >= 4 is 44.9 Å². The molecule has 0 bridgehead atoms. The van der Waals surface area contributed by atoms with Crippen LogP contribution in [0.25, 0.3) is 10.2 Å². The van der Waals surface area contributed by atoms with Crippen LogP contribution in [0.1, 0.15) is 23.2 Å². The van der Waals surface area contributed by atoms with Gasteiger partial charge in [-0.1, -0.05) is 12.1 Å². The Kier molecular flexibility index (Phi) is 5.33. The summed E-state index contributed by atoms with van der Waals surface area (Å²) in [4.78, 5) is 33.7. The second-order valence-corrected chi connectivity index (χ2v) is 8.47. The van der Waals surface area contributed by atoms with Crippen LogP contribution < -0.4 is 10.9 Å². The van der Waals surface area contributed by atoms with E-state index in [0.29, 0.717) is 22.7 Å². The first-order valence-corrected chi connectivity index (χ1v) is 9.92. The number of aryl methyl sites for hydroxylation is 2. The van der Waals surface area contributed by atoms with Gasteiger partial charge in [0, 0.05) is 4.88 Å². The number of thiophene rings is 1. The number of phenolic OH excluding ortho intramolecular Hbond substituents is 1. The van der Waals surface area contributed by atoms with Gasteiger partial charge in [0.1, 0.15) is 16.4 Å². The SMILES string of the molecule is Cc1sc2nc(CSC(C)C(=O)Nc3ccccc3O)[nH]c(=O)c2c1C. The Morgan fingerprint density at radius 2 is 2.12 bits per heavy atom. The average molecular weight is 390 g/mol. The standard InChI is InChI=1S/C18H19N3O3S2/c1-9-10(2)26-18-15(9)17(24)20-14(21-18)8-25-11(3)16(23)19-12-6-4-5-7-13(12)22/h4-7,11,22H,8H2,1-3H3,(H,19,23)(H,20,21,24). The van der Waals surface area contributed by atoms with Crippen molar-refractivity contribution in [2.45, 2.75) is 31.8 Å². The Labute approximate surface area is 158 Å². The van der Waals surface area contributed by atoms with Gasteiger partial charge in [0.15, 0.2) is 0 Å². The molecule has 26 heavy (non-hydrogen) atoms. The zero-order valence-corrected chi connectivity index (χ0v) is 16.3. The summed E-state index contributed by atoms with van der Waals surface area (Å²) in [5.41, 5.74) is 1.20. The summed E-state index contributed by atoms with van der Waals surface area (Å²) in [7, 11) is 0. The van der Waals surface area contributed by atoms with Crippen LogP contribution in [-0.4, -0.2) is 26.2 Å². The topological polar surface area (TPSA) is 95.1 Å². The van der Waals surface area contributed by atoms with Gasteiger partial charge in [-0.25, -0.2) is 4.98 Å². The molecule has 2 aromatic heterocycles. The van der Waals surface area contributed by atoms with Gasteiger partial charge in [-0.3, -0.25) is 9.59 Å². The monoisotopic (exact) mass is 389 g/mol. The van der Waals surface area contributed by atoms with Crippen molar-refractivity contribution in [1.82, 2.24) is 9.97 Å². The first-order chi connectivity index (χ1) is 12.4. The van der Waals surface area contributed by atoms with Crippen LogP contribution in [0.4, 0.5) is 5.69 Å². The summed E-state index contributed by atoms with van der Waals surface area (Å²) >= 11 is 2.87. The molecule has 0 aliphatic rings. The highest BCUT2D eigenvalue weighted by Crippen LogP contribution is 2.27. The zero-order chi connectivity index (χ0) is 18.8. The molecular formula is C18H19N3O3S2. The Balaban J connectivity index is 1.68. The van der Waals surface area contributed by atoms with E-state index in [4.69, 9.17) is 0 Å². The van der Waals surface area contributed by atoms with Crippen LogP contribution >= 0.6 is 23.1 Å². The van der Waals surface area contributed by atoms with Gasteiger partial charge in [0.2, 0.25) is 5.91 Å². The number of para-hydroxylation sites is 2. The predicted octanol–water partition coefficient (Wildman–Crippen LogP) is 3.57. The van der Waals surface area contributed by atoms with Gasteiger partial charge in [-0.05, 0) is 38.5 Å². The molecule has 2 heterocycles. The lowest BCUT2D eigenvalue weighted by atomic mass is 10.2. The van der Waals surface area contributed by atoms with Gasteiger partial charge in [0.05, 0.1) is 22.1 Å². The van der Waals surface area contributed by atoms with E-state index in [1.165, 1.54) is 29.2 Å². The van der Waals surface area contributed by atoms with Crippen LogP contribution in [0, 0.1) is 13.8 Å². The molecule has 0 aliphatic carbocycles. The summed E-state index contributed by atoms with van der Waals surface area (Å²) in [5.74, 6) is 0.771. The van der Waals surface area contributed by atoms with Gasteiger partial charge in [-0.15, -0.1) is 23.1 Å². The molecule has 0 fully saturated rings. The van der Waals surface area contributed by atoms with Crippen LogP contribution in [0.15, 0.2) is 29.1 Å². The molecule has 0 saturated carbocycles. The number of hydrogen-bond acceptors (Lipinski definition) is 6. The van der Waals surface area contributed by atoms with Crippen molar-refractivity contribution in [1.29, 1.82) is 0 Å². The Morgan fingerprint density at radius 1 is 1.38 bits per heavy atom. The molecule has 0 aliphatic heterocycles. The maximum atomic E-state index is 12.3. The normalized spacial score (nSPS) is 12.3. The highest BCUT2D eigenvalue weighted by molar-refractivity contribution is 7.99. The number of anilines is 1. The second kappa shape index (κ2) is 7.51. The number of amides is 1. The molecule has 1 unspecified atom stereocenters. The van der Waals surface area contributed by atoms with Crippen molar-refractivity contribution in [3.63, 3.8) is 0 Å². The predicted molar refractivity (Wildman–Crippen MR) is 107 cm³/mol. The van der Waals surface area contributed by atoms with E-state index in [9.17, 15) is 14.7 Å². The first-order valence-electron chi connectivity index (χ1n) is 8.06. The summed E-state index contributed by atoms with van der Waals surface area (Å²) in [6.07, 6.45) is 0. The minimum Gasteiger partial charge on any atom is -0.506 e. The van der Waals surface area contributed by atoms with E-state index in [0.717, 1.165) is 15.3 Å². The van der Waals surface area contributed by atoms with Crippen LogP contribution in [0.5, 0.6) is 5.75 Å². The number of phenols is 1. The summed E-state index contributed by atoms with van der Waals surface area (Å²) in [5, 5.41) is 12.7. The lowest BCUT2D eigenvalue weighted by molar-refractivity contribution is -0.115.